The number of alkyl halides is 5. The molecule has 1 fully saturated rings. The first kappa shape index (κ1) is 16.2. The van der Waals surface area contributed by atoms with Gasteiger partial charge in [-0.3, -0.25) is 0 Å². The molecule has 2 atom stereocenters. The monoisotopic (exact) mass is 329 g/mol. The van der Waals surface area contributed by atoms with E-state index in [9.17, 15) is 30.4 Å². The summed E-state index contributed by atoms with van der Waals surface area (Å²) < 4.78 is 86.8. The number of nitrogens with zero attached hydrogens (tertiary/aromatic N) is 1. The summed E-state index contributed by atoms with van der Waals surface area (Å²) in [5, 5.41) is 0. The molecule has 1 aromatic rings. The topological polar surface area (TPSA) is 37.1 Å². The Labute approximate surface area is 118 Å². The molecular formula is C12H12F5NO2S. The van der Waals surface area contributed by atoms with Gasteiger partial charge in [-0.2, -0.15) is 26.3 Å². The zero-order valence-corrected chi connectivity index (χ0v) is 11.7. The van der Waals surface area contributed by atoms with Crippen molar-refractivity contribution in [1.29, 1.82) is 0 Å². The molecule has 0 N–H and O–H groups in total. The average Bonchev–Trinajstić information content (AvgIpc) is 3.07. The van der Waals surface area contributed by atoms with Gasteiger partial charge in [0.15, 0.2) is 0 Å². The molecule has 0 saturated carbocycles. The molecule has 21 heavy (non-hydrogen) atoms. The van der Waals surface area contributed by atoms with Crippen LogP contribution >= 0.6 is 0 Å². The van der Waals surface area contributed by atoms with E-state index in [2.05, 4.69) is 0 Å². The molecule has 0 radical (unpaired) electrons. The van der Waals surface area contributed by atoms with Crippen LogP contribution in [0.2, 0.25) is 0 Å². The van der Waals surface area contributed by atoms with Gasteiger partial charge >= 0.3 is 12.1 Å². The van der Waals surface area contributed by atoms with Crippen molar-refractivity contribution in [3.8, 4) is 0 Å². The predicted octanol–water partition coefficient (Wildman–Crippen LogP) is 2.96. The first-order chi connectivity index (χ1) is 9.45. The smallest absolute Gasteiger partial charge is 0.207 e. The summed E-state index contributed by atoms with van der Waals surface area (Å²) in [5.74, 6) is -4.89. The largest absolute Gasteiger partial charge is 0.453 e. The minimum absolute atomic E-state index is 0.120. The van der Waals surface area contributed by atoms with Gasteiger partial charge in [-0.15, -0.1) is 0 Å². The molecule has 2 rings (SSSR count). The maximum atomic E-state index is 12.9. The van der Waals surface area contributed by atoms with Gasteiger partial charge in [-0.25, -0.2) is 8.42 Å². The number of halogens is 5. The molecule has 3 nitrogen and oxygen atoms in total. The standard InChI is InChI=1S/C12H12F5NO2S/c1-8-2-4-10(5-3-8)21(19,20)18-7-9(18)6-11(13,14)12(15,16)17/h2-5,9H,6-7H2,1H3. The van der Waals surface area contributed by atoms with Crippen molar-refractivity contribution in [3.05, 3.63) is 29.8 Å². The fourth-order valence-corrected chi connectivity index (χ4v) is 3.46. The quantitative estimate of drug-likeness (QED) is 0.629. The van der Waals surface area contributed by atoms with Crippen molar-refractivity contribution in [2.24, 2.45) is 0 Å². The van der Waals surface area contributed by atoms with Crippen molar-refractivity contribution in [2.45, 2.75) is 36.4 Å². The highest BCUT2D eigenvalue weighted by molar-refractivity contribution is 7.89. The highest BCUT2D eigenvalue weighted by Crippen LogP contribution is 2.43. The molecule has 9 heteroatoms. The molecule has 1 aromatic carbocycles. The van der Waals surface area contributed by atoms with Crippen LogP contribution in [0.3, 0.4) is 0 Å². The zero-order valence-electron chi connectivity index (χ0n) is 10.9. The van der Waals surface area contributed by atoms with Gasteiger partial charge in [0.2, 0.25) is 10.0 Å². The second-order valence-corrected chi connectivity index (χ2v) is 6.84. The van der Waals surface area contributed by atoms with Crippen molar-refractivity contribution >= 4 is 10.0 Å². The van der Waals surface area contributed by atoms with Crippen molar-refractivity contribution < 1.29 is 30.4 Å². The maximum Gasteiger partial charge on any atom is 0.453 e. The number of rotatable bonds is 4. The third-order valence-corrected chi connectivity index (χ3v) is 5.13. The lowest BCUT2D eigenvalue weighted by molar-refractivity contribution is -0.284. The molecular weight excluding hydrogens is 317 g/mol. The molecule has 2 unspecified atom stereocenters. The summed E-state index contributed by atoms with van der Waals surface area (Å²) in [6.07, 6.45) is -7.23. The van der Waals surface area contributed by atoms with Crippen LogP contribution in [0.1, 0.15) is 12.0 Å². The Balaban J connectivity index is 2.11. The maximum absolute atomic E-state index is 12.9. The van der Waals surface area contributed by atoms with E-state index >= 15 is 0 Å². The van der Waals surface area contributed by atoms with Crippen LogP contribution in [-0.2, 0) is 10.0 Å². The number of hydrogen-bond acceptors (Lipinski definition) is 2. The summed E-state index contributed by atoms with van der Waals surface area (Å²) in [5.41, 5.74) is 0.805. The molecule has 118 valence electrons. The van der Waals surface area contributed by atoms with Gasteiger partial charge in [-0.1, -0.05) is 17.7 Å². The van der Waals surface area contributed by atoms with E-state index < -0.39 is 34.6 Å². The Morgan fingerprint density at radius 3 is 2.14 bits per heavy atom. The van der Waals surface area contributed by atoms with Crippen LogP contribution in [0.4, 0.5) is 22.0 Å². The van der Waals surface area contributed by atoms with Crippen LogP contribution in [-0.4, -0.2) is 37.4 Å². The highest BCUT2D eigenvalue weighted by atomic mass is 32.2. The van der Waals surface area contributed by atoms with E-state index in [0.29, 0.717) is 4.31 Å². The van der Waals surface area contributed by atoms with Crippen molar-refractivity contribution in [2.75, 3.05) is 6.54 Å². The Morgan fingerprint density at radius 1 is 1.14 bits per heavy atom. The number of benzene rings is 1. The number of aryl methyl sites for hydroxylation is 1. The Morgan fingerprint density at radius 2 is 1.67 bits per heavy atom. The van der Waals surface area contributed by atoms with Crippen LogP contribution < -0.4 is 0 Å². The molecule has 0 bridgehead atoms. The lowest BCUT2D eigenvalue weighted by atomic mass is 10.2. The van der Waals surface area contributed by atoms with E-state index in [4.69, 9.17) is 0 Å². The van der Waals surface area contributed by atoms with Gasteiger partial charge in [0.05, 0.1) is 4.90 Å². The Hall–Kier alpha value is -1.22. The molecule has 0 aliphatic carbocycles. The summed E-state index contributed by atoms with van der Waals surface area (Å²) >= 11 is 0. The van der Waals surface area contributed by atoms with Crippen molar-refractivity contribution in [3.63, 3.8) is 0 Å². The van der Waals surface area contributed by atoms with Crippen LogP contribution in [0.5, 0.6) is 0 Å². The second-order valence-electron chi connectivity index (χ2n) is 4.95. The van der Waals surface area contributed by atoms with E-state index in [1.54, 1.807) is 6.92 Å². The molecule has 1 saturated heterocycles. The fraction of sp³-hybridized carbons (Fsp3) is 0.500. The van der Waals surface area contributed by atoms with Crippen LogP contribution in [0.25, 0.3) is 0 Å². The fourth-order valence-electron chi connectivity index (χ4n) is 1.88. The van der Waals surface area contributed by atoms with Crippen LogP contribution in [0.15, 0.2) is 29.2 Å². The predicted molar refractivity (Wildman–Crippen MR) is 64.5 cm³/mol. The SMILES string of the molecule is Cc1ccc(S(=O)(=O)N2CC2CC(F)(F)C(F)(F)F)cc1. The highest BCUT2D eigenvalue weighted by Gasteiger charge is 2.61. The van der Waals surface area contributed by atoms with Gasteiger partial charge in [0.1, 0.15) is 0 Å². The molecule has 0 spiro atoms. The third kappa shape index (κ3) is 3.18. The first-order valence-corrected chi connectivity index (χ1v) is 7.42. The van der Waals surface area contributed by atoms with Gasteiger partial charge < -0.3 is 0 Å². The molecule has 0 amide bonds. The first-order valence-electron chi connectivity index (χ1n) is 5.98. The van der Waals surface area contributed by atoms with Gasteiger partial charge in [0.25, 0.3) is 0 Å². The van der Waals surface area contributed by atoms with Gasteiger partial charge in [0, 0.05) is 19.0 Å². The number of sulfonamides is 1. The summed E-state index contributed by atoms with van der Waals surface area (Å²) in [4.78, 5) is -0.120. The Bertz CT molecular complexity index is 624. The lowest BCUT2D eigenvalue weighted by Gasteiger charge is -2.19. The summed E-state index contributed by atoms with van der Waals surface area (Å²) in [6.45, 7) is 1.41. The van der Waals surface area contributed by atoms with E-state index in [1.807, 2.05) is 0 Å². The van der Waals surface area contributed by atoms with E-state index in [1.165, 1.54) is 24.3 Å². The van der Waals surface area contributed by atoms with Crippen LogP contribution in [0, 0.1) is 6.92 Å². The van der Waals surface area contributed by atoms with Gasteiger partial charge in [-0.05, 0) is 19.1 Å². The molecule has 0 aromatic heterocycles. The normalized spacial score (nSPS) is 23.1. The lowest BCUT2D eigenvalue weighted by Crippen LogP contribution is -2.38. The zero-order chi connectivity index (χ0) is 16.1. The van der Waals surface area contributed by atoms with Crippen molar-refractivity contribution in [1.82, 2.24) is 4.31 Å². The second kappa shape index (κ2) is 4.91. The third-order valence-electron chi connectivity index (χ3n) is 3.20. The minimum Gasteiger partial charge on any atom is -0.207 e. The minimum atomic E-state index is -5.67. The average molecular weight is 329 g/mol. The Kier molecular flexibility index (Phi) is 3.78. The molecule has 1 aliphatic heterocycles. The summed E-state index contributed by atoms with van der Waals surface area (Å²) in [7, 11) is -4.02. The van der Waals surface area contributed by atoms with E-state index in [-0.39, 0.29) is 11.4 Å². The van der Waals surface area contributed by atoms with E-state index in [0.717, 1.165) is 5.56 Å². The molecule has 1 heterocycles. The molecule has 1 aliphatic rings. The number of hydrogen-bond donors (Lipinski definition) is 0. The summed E-state index contributed by atoms with van der Waals surface area (Å²) in [6, 6.07) is 4.31.